The third-order valence-corrected chi connectivity index (χ3v) is 4.87. The van der Waals surface area contributed by atoms with E-state index in [0.29, 0.717) is 36.6 Å². The zero-order valence-corrected chi connectivity index (χ0v) is 15.0. The first-order valence-corrected chi connectivity index (χ1v) is 8.68. The van der Waals surface area contributed by atoms with Crippen LogP contribution in [0.5, 0.6) is 0 Å². The number of hydrogen-bond donors (Lipinski definition) is 2. The number of benzene rings is 1. The van der Waals surface area contributed by atoms with Gasteiger partial charge >= 0.3 is 5.97 Å². The maximum Gasteiger partial charge on any atom is 0.313 e. The number of aliphatic hydroxyl groups is 1. The first-order valence-electron chi connectivity index (χ1n) is 8.30. The molecule has 0 radical (unpaired) electrons. The fourth-order valence-electron chi connectivity index (χ4n) is 3.14. The molecule has 0 saturated heterocycles. The number of halogens is 2. The summed E-state index contributed by atoms with van der Waals surface area (Å²) >= 11 is 5.89. The van der Waals surface area contributed by atoms with E-state index in [0.717, 1.165) is 0 Å². The van der Waals surface area contributed by atoms with Gasteiger partial charge in [-0.1, -0.05) is 11.6 Å². The highest BCUT2D eigenvalue weighted by Gasteiger charge is 2.31. The van der Waals surface area contributed by atoms with E-state index >= 15 is 0 Å². The van der Waals surface area contributed by atoms with Crippen LogP contribution in [0.1, 0.15) is 36.8 Å². The Morgan fingerprint density at radius 3 is 2.92 bits per heavy atom. The number of methoxy groups -OCH3 is 1. The molecule has 1 heterocycles. The first-order chi connectivity index (χ1) is 12.4. The van der Waals surface area contributed by atoms with Gasteiger partial charge in [0.1, 0.15) is 18.1 Å². The van der Waals surface area contributed by atoms with Crippen LogP contribution in [-0.4, -0.2) is 45.1 Å². The predicted octanol–water partition coefficient (Wildman–Crippen LogP) is 1.73. The number of aliphatic hydroxyl groups excluding tert-OH is 1. The van der Waals surface area contributed by atoms with Crippen molar-refractivity contribution in [3.8, 4) is 5.69 Å². The van der Waals surface area contributed by atoms with Gasteiger partial charge in [-0.15, -0.1) is 0 Å². The van der Waals surface area contributed by atoms with Crippen molar-refractivity contribution in [1.29, 1.82) is 0 Å². The quantitative estimate of drug-likeness (QED) is 0.780. The van der Waals surface area contributed by atoms with Crippen molar-refractivity contribution in [2.45, 2.75) is 43.7 Å². The summed E-state index contributed by atoms with van der Waals surface area (Å²) in [7, 11) is 1.29. The van der Waals surface area contributed by atoms with Crippen LogP contribution in [0.4, 0.5) is 4.39 Å². The largest absolute Gasteiger partial charge is 0.469 e. The first kappa shape index (κ1) is 18.8. The average Bonchev–Trinajstić information content (AvgIpc) is 3.03. The van der Waals surface area contributed by atoms with E-state index in [-0.39, 0.29) is 23.4 Å². The number of esters is 1. The highest BCUT2D eigenvalue weighted by atomic mass is 35.5. The molecule has 1 aliphatic rings. The Balaban J connectivity index is 2.00. The molecule has 9 heteroatoms. The van der Waals surface area contributed by atoms with E-state index in [1.54, 1.807) is 10.7 Å². The Labute approximate surface area is 154 Å². The minimum Gasteiger partial charge on any atom is -0.469 e. The third-order valence-electron chi connectivity index (χ3n) is 4.58. The summed E-state index contributed by atoms with van der Waals surface area (Å²) in [5, 5.41) is 14.2. The molecule has 26 heavy (non-hydrogen) atoms. The molecule has 140 valence electrons. The van der Waals surface area contributed by atoms with Gasteiger partial charge in [-0.3, -0.25) is 4.79 Å². The minimum absolute atomic E-state index is 0.0331. The Morgan fingerprint density at radius 1 is 1.50 bits per heavy atom. The van der Waals surface area contributed by atoms with Gasteiger partial charge < -0.3 is 15.6 Å². The molecule has 1 aromatic heterocycles. The van der Waals surface area contributed by atoms with Crippen molar-refractivity contribution in [2.24, 2.45) is 5.73 Å². The Kier molecular flexibility index (Phi) is 5.55. The summed E-state index contributed by atoms with van der Waals surface area (Å²) in [5.41, 5.74) is 6.53. The second kappa shape index (κ2) is 7.69. The number of nitrogens with zero attached hydrogens (tertiary/aromatic N) is 3. The minimum atomic E-state index is -0.544. The Hall–Kier alpha value is -2.03. The molecule has 3 rings (SSSR count). The number of rotatable bonds is 4. The van der Waals surface area contributed by atoms with Gasteiger partial charge in [0.25, 0.3) is 0 Å². The van der Waals surface area contributed by atoms with Crippen LogP contribution in [0, 0.1) is 5.82 Å². The van der Waals surface area contributed by atoms with Crippen molar-refractivity contribution >= 4 is 17.6 Å². The van der Waals surface area contributed by atoms with E-state index in [1.165, 1.54) is 19.2 Å². The van der Waals surface area contributed by atoms with Crippen LogP contribution >= 0.6 is 11.6 Å². The maximum absolute atomic E-state index is 13.5. The molecule has 3 atom stereocenters. The monoisotopic (exact) mass is 382 g/mol. The molecule has 0 spiro atoms. The number of hydrogen-bond acceptors (Lipinski definition) is 6. The van der Waals surface area contributed by atoms with Gasteiger partial charge in [0.05, 0.1) is 23.9 Å². The van der Waals surface area contributed by atoms with Crippen molar-refractivity contribution in [1.82, 2.24) is 14.8 Å². The highest BCUT2D eigenvalue weighted by Crippen LogP contribution is 2.33. The van der Waals surface area contributed by atoms with E-state index in [1.807, 2.05) is 0 Å². The lowest BCUT2D eigenvalue weighted by atomic mass is 9.83. The third kappa shape index (κ3) is 3.87. The number of ether oxygens (including phenoxy) is 1. The SMILES string of the molecule is COC(=O)Cc1nc([C@H]2CC[C@@H](O)[C@H](N)C2)n(-c2ccc(F)c(Cl)c2)n1. The van der Waals surface area contributed by atoms with Crippen molar-refractivity contribution < 1.29 is 19.0 Å². The fourth-order valence-corrected chi connectivity index (χ4v) is 3.31. The highest BCUT2D eigenvalue weighted by molar-refractivity contribution is 6.30. The standard InChI is InChI=1S/C17H20ClFN4O3/c1-26-16(25)8-15-21-17(9-2-5-14(24)13(20)6-9)23(22-15)10-3-4-12(19)11(18)7-10/h3-4,7,9,13-14,24H,2,5-6,8,20H2,1H3/t9-,13+,14+/m0/s1. The molecule has 0 amide bonds. The van der Waals surface area contributed by atoms with Crippen LogP contribution < -0.4 is 5.73 Å². The molecule has 2 aromatic rings. The van der Waals surface area contributed by atoms with Gasteiger partial charge in [-0.2, -0.15) is 5.10 Å². The zero-order chi connectivity index (χ0) is 18.8. The predicted molar refractivity (Wildman–Crippen MR) is 92.6 cm³/mol. The van der Waals surface area contributed by atoms with Gasteiger partial charge in [0.2, 0.25) is 0 Å². The van der Waals surface area contributed by atoms with E-state index < -0.39 is 17.9 Å². The summed E-state index contributed by atoms with van der Waals surface area (Å²) in [6, 6.07) is 3.88. The lowest BCUT2D eigenvalue weighted by Crippen LogP contribution is -2.40. The summed E-state index contributed by atoms with van der Waals surface area (Å²) in [5.74, 6) is -0.131. The normalized spacial score (nSPS) is 23.0. The second-order valence-electron chi connectivity index (χ2n) is 6.39. The zero-order valence-electron chi connectivity index (χ0n) is 14.2. The molecule has 0 bridgehead atoms. The van der Waals surface area contributed by atoms with Crippen LogP contribution in [0.3, 0.4) is 0 Å². The fraction of sp³-hybridized carbons (Fsp3) is 0.471. The molecule has 0 aliphatic heterocycles. The van der Waals surface area contributed by atoms with Gasteiger partial charge in [0.15, 0.2) is 5.82 Å². The van der Waals surface area contributed by atoms with E-state index in [9.17, 15) is 14.3 Å². The molecule has 1 fully saturated rings. The van der Waals surface area contributed by atoms with Crippen molar-refractivity contribution in [3.05, 3.63) is 40.7 Å². The molecule has 0 unspecified atom stereocenters. The molecule has 7 nitrogen and oxygen atoms in total. The van der Waals surface area contributed by atoms with Crippen LogP contribution in [-0.2, 0) is 16.0 Å². The molecule has 1 aliphatic carbocycles. The number of nitrogens with two attached hydrogens (primary N) is 1. The summed E-state index contributed by atoms with van der Waals surface area (Å²) in [6.07, 6.45) is 1.15. The topological polar surface area (TPSA) is 103 Å². The average molecular weight is 383 g/mol. The second-order valence-corrected chi connectivity index (χ2v) is 6.80. The molecular formula is C17H20ClFN4O3. The van der Waals surface area contributed by atoms with Crippen molar-refractivity contribution in [2.75, 3.05) is 7.11 Å². The summed E-state index contributed by atoms with van der Waals surface area (Å²) in [4.78, 5) is 16.1. The molecule has 1 saturated carbocycles. The molecular weight excluding hydrogens is 363 g/mol. The maximum atomic E-state index is 13.5. The Bertz CT molecular complexity index is 813. The number of carbonyl (C=O) groups excluding carboxylic acids is 1. The molecule has 3 N–H and O–H groups in total. The van der Waals surface area contributed by atoms with E-state index in [4.69, 9.17) is 17.3 Å². The van der Waals surface area contributed by atoms with Gasteiger partial charge in [-0.05, 0) is 37.5 Å². The van der Waals surface area contributed by atoms with Crippen LogP contribution in [0.2, 0.25) is 5.02 Å². The molecule has 1 aromatic carbocycles. The summed E-state index contributed by atoms with van der Waals surface area (Å²) < 4.78 is 19.7. The number of carbonyl (C=O) groups is 1. The van der Waals surface area contributed by atoms with E-state index in [2.05, 4.69) is 14.8 Å². The van der Waals surface area contributed by atoms with Gasteiger partial charge in [-0.25, -0.2) is 14.1 Å². The van der Waals surface area contributed by atoms with Crippen LogP contribution in [0.15, 0.2) is 18.2 Å². The Morgan fingerprint density at radius 2 is 2.27 bits per heavy atom. The smallest absolute Gasteiger partial charge is 0.313 e. The van der Waals surface area contributed by atoms with Gasteiger partial charge in [0, 0.05) is 12.0 Å². The lowest BCUT2D eigenvalue weighted by molar-refractivity contribution is -0.139. The lowest BCUT2D eigenvalue weighted by Gasteiger charge is -2.30. The van der Waals surface area contributed by atoms with Crippen molar-refractivity contribution in [3.63, 3.8) is 0 Å². The van der Waals surface area contributed by atoms with Crippen LogP contribution in [0.25, 0.3) is 5.69 Å². The number of aromatic nitrogens is 3. The summed E-state index contributed by atoms with van der Waals surface area (Å²) in [6.45, 7) is 0.